The van der Waals surface area contributed by atoms with Crippen molar-refractivity contribution >= 4 is 34.8 Å². The first-order valence-corrected chi connectivity index (χ1v) is 9.41. The number of nitrogens with zero attached hydrogens (tertiary/aromatic N) is 2. The number of nitro benzene ring substituents is 1. The van der Waals surface area contributed by atoms with Crippen LogP contribution in [0.1, 0.15) is 22.5 Å². The highest BCUT2D eigenvalue weighted by Gasteiger charge is 2.12. The van der Waals surface area contributed by atoms with Crippen LogP contribution in [0.25, 0.3) is 29.1 Å². The second-order valence-corrected chi connectivity index (χ2v) is 6.76. The SMILES string of the molecule is COc1ccc([N+](=O)[O-])c(/C=C/c2cc(C/C=C/c3ccc4cc[nH]c4c3)[nH]n2)c1. The Balaban J connectivity index is 1.44. The van der Waals surface area contributed by atoms with E-state index in [-0.39, 0.29) is 5.69 Å². The van der Waals surface area contributed by atoms with E-state index >= 15 is 0 Å². The maximum Gasteiger partial charge on any atom is 0.276 e. The molecule has 7 heteroatoms. The van der Waals surface area contributed by atoms with Crippen molar-refractivity contribution < 1.29 is 9.66 Å². The number of fused-ring (bicyclic) bond motifs is 1. The first kappa shape index (κ1) is 19.2. The van der Waals surface area contributed by atoms with Crippen molar-refractivity contribution in [3.8, 4) is 5.75 Å². The van der Waals surface area contributed by atoms with Crippen LogP contribution in [0.5, 0.6) is 5.75 Å². The minimum absolute atomic E-state index is 0.0183. The van der Waals surface area contributed by atoms with E-state index in [2.05, 4.69) is 45.5 Å². The molecule has 7 nitrogen and oxygen atoms in total. The third-order valence-corrected chi connectivity index (χ3v) is 4.74. The molecule has 2 aromatic heterocycles. The number of allylic oxidation sites excluding steroid dienone is 1. The lowest BCUT2D eigenvalue weighted by Crippen LogP contribution is -1.92. The quantitative estimate of drug-likeness (QED) is 0.328. The molecule has 150 valence electrons. The number of aromatic nitrogens is 3. The molecule has 0 spiro atoms. The van der Waals surface area contributed by atoms with E-state index in [0.717, 1.165) is 16.8 Å². The Labute approximate surface area is 172 Å². The van der Waals surface area contributed by atoms with Crippen LogP contribution in [0, 0.1) is 10.1 Å². The number of nitro groups is 1. The summed E-state index contributed by atoms with van der Waals surface area (Å²) in [6.45, 7) is 0. The van der Waals surface area contributed by atoms with Gasteiger partial charge in [-0.25, -0.2) is 0 Å². The molecular weight excluding hydrogens is 380 g/mol. The van der Waals surface area contributed by atoms with Gasteiger partial charge in [0.05, 0.1) is 23.3 Å². The lowest BCUT2D eigenvalue weighted by atomic mass is 10.1. The highest BCUT2D eigenvalue weighted by atomic mass is 16.6. The Kier molecular flexibility index (Phi) is 5.43. The van der Waals surface area contributed by atoms with E-state index in [1.54, 1.807) is 24.3 Å². The number of nitrogens with one attached hydrogen (secondary N) is 2. The van der Waals surface area contributed by atoms with Gasteiger partial charge in [0.2, 0.25) is 0 Å². The maximum atomic E-state index is 11.2. The highest BCUT2D eigenvalue weighted by Crippen LogP contribution is 2.25. The zero-order chi connectivity index (χ0) is 20.9. The van der Waals surface area contributed by atoms with Gasteiger partial charge in [-0.2, -0.15) is 5.10 Å². The van der Waals surface area contributed by atoms with Gasteiger partial charge in [0.15, 0.2) is 0 Å². The minimum atomic E-state index is -0.412. The van der Waals surface area contributed by atoms with Crippen LogP contribution in [0.4, 0.5) is 5.69 Å². The molecule has 30 heavy (non-hydrogen) atoms. The van der Waals surface area contributed by atoms with Crippen LogP contribution in [-0.2, 0) is 6.42 Å². The molecule has 4 rings (SSSR count). The number of methoxy groups -OCH3 is 1. The van der Waals surface area contributed by atoms with Crippen LogP contribution < -0.4 is 4.74 Å². The van der Waals surface area contributed by atoms with Gasteiger partial charge in [-0.05, 0) is 53.4 Å². The van der Waals surface area contributed by atoms with E-state index in [1.165, 1.54) is 18.6 Å². The molecule has 0 bridgehead atoms. The van der Waals surface area contributed by atoms with E-state index in [9.17, 15) is 10.1 Å². The minimum Gasteiger partial charge on any atom is -0.497 e. The summed E-state index contributed by atoms with van der Waals surface area (Å²) in [6.07, 6.45) is 10.2. The zero-order valence-corrected chi connectivity index (χ0v) is 16.3. The molecule has 2 aromatic carbocycles. The molecule has 0 aliphatic heterocycles. The molecule has 0 aliphatic rings. The topological polar surface area (TPSA) is 96.8 Å². The summed E-state index contributed by atoms with van der Waals surface area (Å²) < 4.78 is 5.16. The molecule has 0 amide bonds. The van der Waals surface area contributed by atoms with Gasteiger partial charge >= 0.3 is 0 Å². The number of ether oxygens (including phenoxy) is 1. The molecule has 4 aromatic rings. The monoisotopic (exact) mass is 400 g/mol. The molecule has 2 heterocycles. The molecule has 0 atom stereocenters. The lowest BCUT2D eigenvalue weighted by Gasteiger charge is -2.01. The fourth-order valence-electron chi connectivity index (χ4n) is 3.19. The summed E-state index contributed by atoms with van der Waals surface area (Å²) in [5.74, 6) is 0.561. The first-order valence-electron chi connectivity index (χ1n) is 9.41. The number of hydrogen-bond donors (Lipinski definition) is 2. The Morgan fingerprint density at radius 2 is 2.00 bits per heavy atom. The standard InChI is InChI=1S/C23H20N4O3/c1-30-21-9-10-23(27(28)29)18(14-21)7-8-20-15-19(25-26-20)4-2-3-16-5-6-17-11-12-24-22(17)13-16/h2-3,5-15,24H,4H2,1H3,(H,25,26)/b3-2+,8-7+. The van der Waals surface area contributed by atoms with Crippen LogP contribution in [0.15, 0.2) is 60.8 Å². The fourth-order valence-corrected chi connectivity index (χ4v) is 3.19. The number of H-pyrrole nitrogens is 2. The molecular formula is C23H20N4O3. The highest BCUT2D eigenvalue weighted by molar-refractivity contribution is 5.81. The summed E-state index contributed by atoms with van der Waals surface area (Å²) in [6, 6.07) is 14.9. The Morgan fingerprint density at radius 1 is 1.10 bits per heavy atom. The molecule has 0 fully saturated rings. The van der Waals surface area contributed by atoms with Crippen LogP contribution >= 0.6 is 0 Å². The van der Waals surface area contributed by atoms with Gasteiger partial charge in [0.1, 0.15) is 5.75 Å². The predicted octanol–water partition coefficient (Wildman–Crippen LogP) is 5.23. The first-order chi connectivity index (χ1) is 14.6. The molecule has 0 unspecified atom stereocenters. The average Bonchev–Trinajstić information content (AvgIpc) is 3.40. The van der Waals surface area contributed by atoms with Gasteiger partial charge in [-0.1, -0.05) is 24.3 Å². The van der Waals surface area contributed by atoms with Crippen molar-refractivity contribution in [2.75, 3.05) is 7.11 Å². The van der Waals surface area contributed by atoms with Crippen molar-refractivity contribution in [3.05, 3.63) is 93.4 Å². The molecule has 0 saturated heterocycles. The zero-order valence-electron chi connectivity index (χ0n) is 16.3. The van der Waals surface area contributed by atoms with E-state index in [4.69, 9.17) is 4.74 Å². The second kappa shape index (κ2) is 8.48. The van der Waals surface area contributed by atoms with Crippen molar-refractivity contribution in [2.45, 2.75) is 6.42 Å². The Hall–Kier alpha value is -4.13. The van der Waals surface area contributed by atoms with Crippen molar-refractivity contribution in [1.29, 1.82) is 0 Å². The van der Waals surface area contributed by atoms with Crippen LogP contribution in [0.2, 0.25) is 0 Å². The number of hydrogen-bond acceptors (Lipinski definition) is 4. The third-order valence-electron chi connectivity index (χ3n) is 4.74. The summed E-state index contributed by atoms with van der Waals surface area (Å²) >= 11 is 0. The Morgan fingerprint density at radius 3 is 2.83 bits per heavy atom. The second-order valence-electron chi connectivity index (χ2n) is 6.76. The average molecular weight is 400 g/mol. The summed E-state index contributed by atoms with van der Waals surface area (Å²) in [7, 11) is 1.53. The van der Waals surface area contributed by atoms with Gasteiger partial charge in [0, 0.05) is 29.9 Å². The van der Waals surface area contributed by atoms with Gasteiger partial charge in [-0.3, -0.25) is 15.2 Å². The maximum absolute atomic E-state index is 11.2. The molecule has 0 aliphatic carbocycles. The molecule has 2 N–H and O–H groups in total. The lowest BCUT2D eigenvalue weighted by molar-refractivity contribution is -0.385. The third kappa shape index (κ3) is 4.30. The molecule has 0 radical (unpaired) electrons. The number of rotatable bonds is 7. The summed E-state index contributed by atoms with van der Waals surface area (Å²) in [4.78, 5) is 14.0. The van der Waals surface area contributed by atoms with Crippen LogP contribution in [0.3, 0.4) is 0 Å². The number of benzene rings is 2. The van der Waals surface area contributed by atoms with Crippen LogP contribution in [-0.4, -0.2) is 27.2 Å². The van der Waals surface area contributed by atoms with E-state index in [1.807, 2.05) is 18.3 Å². The predicted molar refractivity (Wildman–Crippen MR) is 118 cm³/mol. The van der Waals surface area contributed by atoms with Crippen molar-refractivity contribution in [2.24, 2.45) is 0 Å². The van der Waals surface area contributed by atoms with E-state index < -0.39 is 4.92 Å². The fraction of sp³-hybridized carbons (Fsp3) is 0.0870. The van der Waals surface area contributed by atoms with E-state index in [0.29, 0.717) is 23.4 Å². The molecule has 0 saturated carbocycles. The summed E-state index contributed by atoms with van der Waals surface area (Å²) in [5, 5.41) is 19.7. The number of aromatic amines is 2. The Bertz CT molecular complexity index is 1250. The normalized spacial score (nSPS) is 11.6. The summed E-state index contributed by atoms with van der Waals surface area (Å²) in [5.41, 5.74) is 4.36. The smallest absolute Gasteiger partial charge is 0.276 e. The largest absolute Gasteiger partial charge is 0.497 e. The van der Waals surface area contributed by atoms with Crippen molar-refractivity contribution in [3.63, 3.8) is 0 Å². The van der Waals surface area contributed by atoms with Crippen molar-refractivity contribution in [1.82, 2.24) is 15.2 Å². The van der Waals surface area contributed by atoms with Gasteiger partial charge in [0.25, 0.3) is 5.69 Å². The van der Waals surface area contributed by atoms with Gasteiger partial charge in [-0.15, -0.1) is 0 Å². The van der Waals surface area contributed by atoms with Gasteiger partial charge < -0.3 is 9.72 Å².